The summed E-state index contributed by atoms with van der Waals surface area (Å²) in [7, 11) is 0. The number of rotatable bonds is 4. The van der Waals surface area contributed by atoms with Crippen molar-refractivity contribution < 1.29 is 9.59 Å². The van der Waals surface area contributed by atoms with Gasteiger partial charge in [-0.15, -0.1) is 0 Å². The fraction of sp³-hybridized carbons (Fsp3) is 0.263. The van der Waals surface area contributed by atoms with E-state index in [-0.39, 0.29) is 16.8 Å². The first-order chi connectivity index (χ1) is 11.8. The third-order valence-corrected chi connectivity index (χ3v) is 5.27. The number of carbonyl (C=O) groups is 2. The van der Waals surface area contributed by atoms with Gasteiger partial charge in [0.25, 0.3) is 0 Å². The van der Waals surface area contributed by atoms with Gasteiger partial charge in [0.1, 0.15) is 5.41 Å². The van der Waals surface area contributed by atoms with Crippen molar-refractivity contribution in [1.82, 2.24) is 0 Å². The summed E-state index contributed by atoms with van der Waals surface area (Å²) in [4.78, 5) is 25.3. The molecule has 0 aromatic heterocycles. The van der Waals surface area contributed by atoms with Gasteiger partial charge in [0.2, 0.25) is 11.8 Å². The second-order valence-electron chi connectivity index (χ2n) is 6.41. The van der Waals surface area contributed by atoms with E-state index in [4.69, 9.17) is 23.2 Å². The maximum Gasteiger partial charge on any atom is 0.240 e. The molecule has 2 aromatic carbocycles. The standard InChI is InChI=1S/C19H18Cl2N2O2/c1-11-6-7-14(12(2)10-11)22-17(24)19(8-9-19)18(25)23-15-5-3-4-13(20)16(15)21/h3-7,10H,8-9H2,1-2H3,(H,22,24)(H,23,25). The summed E-state index contributed by atoms with van der Waals surface area (Å²) in [6.45, 7) is 3.91. The number of hydrogen-bond donors (Lipinski definition) is 2. The number of hydrogen-bond acceptors (Lipinski definition) is 2. The molecule has 1 aliphatic rings. The van der Waals surface area contributed by atoms with Crippen LogP contribution >= 0.6 is 23.2 Å². The topological polar surface area (TPSA) is 58.2 Å². The fourth-order valence-corrected chi connectivity index (χ4v) is 3.07. The molecule has 4 nitrogen and oxygen atoms in total. The Labute approximate surface area is 156 Å². The van der Waals surface area contributed by atoms with Crippen molar-refractivity contribution in [1.29, 1.82) is 0 Å². The number of carbonyl (C=O) groups excluding carboxylic acids is 2. The van der Waals surface area contributed by atoms with Crippen molar-refractivity contribution in [2.75, 3.05) is 10.6 Å². The van der Waals surface area contributed by atoms with Crippen molar-refractivity contribution in [2.45, 2.75) is 26.7 Å². The fourth-order valence-electron chi connectivity index (χ4n) is 2.72. The van der Waals surface area contributed by atoms with Crippen molar-refractivity contribution >= 4 is 46.4 Å². The molecule has 0 bridgehead atoms. The van der Waals surface area contributed by atoms with Crippen LogP contribution in [0.4, 0.5) is 11.4 Å². The van der Waals surface area contributed by atoms with E-state index in [0.717, 1.165) is 16.8 Å². The van der Waals surface area contributed by atoms with E-state index < -0.39 is 5.41 Å². The highest BCUT2D eigenvalue weighted by Crippen LogP contribution is 2.48. The van der Waals surface area contributed by atoms with Gasteiger partial charge in [-0.25, -0.2) is 0 Å². The minimum atomic E-state index is -1.05. The lowest BCUT2D eigenvalue weighted by Crippen LogP contribution is -2.35. The molecule has 6 heteroatoms. The van der Waals surface area contributed by atoms with Crippen molar-refractivity contribution in [2.24, 2.45) is 5.41 Å². The third kappa shape index (κ3) is 3.51. The minimum absolute atomic E-state index is 0.267. The molecule has 2 amide bonds. The van der Waals surface area contributed by atoms with Crippen molar-refractivity contribution in [3.63, 3.8) is 0 Å². The zero-order valence-electron chi connectivity index (χ0n) is 14.0. The molecule has 0 atom stereocenters. The molecule has 0 radical (unpaired) electrons. The Bertz CT molecular complexity index is 860. The molecule has 1 aliphatic carbocycles. The van der Waals surface area contributed by atoms with E-state index in [1.807, 2.05) is 32.0 Å². The summed E-state index contributed by atoms with van der Waals surface area (Å²) in [6, 6.07) is 10.8. The Hall–Kier alpha value is -2.04. The minimum Gasteiger partial charge on any atom is -0.325 e. The van der Waals surface area contributed by atoms with Crippen LogP contribution in [0.25, 0.3) is 0 Å². The normalized spacial score (nSPS) is 14.7. The van der Waals surface area contributed by atoms with Gasteiger partial charge in [-0.2, -0.15) is 0 Å². The Kier molecular flexibility index (Phi) is 4.76. The largest absolute Gasteiger partial charge is 0.325 e. The molecule has 0 saturated heterocycles. The van der Waals surface area contributed by atoms with Crippen LogP contribution in [0.1, 0.15) is 24.0 Å². The van der Waals surface area contributed by atoms with E-state index >= 15 is 0 Å². The second-order valence-corrected chi connectivity index (χ2v) is 7.20. The number of anilines is 2. The molecule has 0 unspecified atom stereocenters. The van der Waals surface area contributed by atoms with E-state index in [1.54, 1.807) is 18.2 Å². The van der Waals surface area contributed by atoms with Gasteiger partial charge in [0.05, 0.1) is 15.7 Å². The van der Waals surface area contributed by atoms with Crippen LogP contribution < -0.4 is 10.6 Å². The summed E-state index contributed by atoms with van der Waals surface area (Å²) in [5.74, 6) is -0.658. The van der Waals surface area contributed by atoms with E-state index in [0.29, 0.717) is 23.6 Å². The van der Waals surface area contributed by atoms with Crippen molar-refractivity contribution in [3.05, 3.63) is 57.6 Å². The van der Waals surface area contributed by atoms with Crippen LogP contribution in [-0.4, -0.2) is 11.8 Å². The average Bonchev–Trinajstić information content (AvgIpc) is 3.36. The van der Waals surface area contributed by atoms with E-state index in [1.165, 1.54) is 0 Å². The van der Waals surface area contributed by atoms with Gasteiger partial charge < -0.3 is 10.6 Å². The highest BCUT2D eigenvalue weighted by atomic mass is 35.5. The number of benzene rings is 2. The van der Waals surface area contributed by atoms with E-state index in [2.05, 4.69) is 10.6 Å². The maximum atomic E-state index is 12.7. The zero-order valence-corrected chi connectivity index (χ0v) is 15.5. The van der Waals surface area contributed by atoms with Crippen LogP contribution in [0.3, 0.4) is 0 Å². The molecule has 0 spiro atoms. The molecule has 130 valence electrons. The summed E-state index contributed by atoms with van der Waals surface area (Å²) in [6.07, 6.45) is 1.02. The monoisotopic (exact) mass is 376 g/mol. The maximum absolute atomic E-state index is 12.7. The third-order valence-electron chi connectivity index (χ3n) is 4.45. The lowest BCUT2D eigenvalue weighted by molar-refractivity contribution is -0.131. The van der Waals surface area contributed by atoms with Crippen LogP contribution in [-0.2, 0) is 9.59 Å². The first kappa shape index (κ1) is 17.8. The van der Waals surface area contributed by atoms with Crippen molar-refractivity contribution in [3.8, 4) is 0 Å². The van der Waals surface area contributed by atoms with Gasteiger partial charge in [0.15, 0.2) is 0 Å². The molecule has 2 aromatic rings. The Morgan fingerprint density at radius 1 is 0.960 bits per heavy atom. The van der Waals surface area contributed by atoms with Gasteiger partial charge in [-0.1, -0.05) is 47.0 Å². The first-order valence-electron chi connectivity index (χ1n) is 7.98. The number of aryl methyl sites for hydroxylation is 2. The molecule has 0 aliphatic heterocycles. The number of halogens is 2. The smallest absolute Gasteiger partial charge is 0.240 e. The zero-order chi connectivity index (χ0) is 18.2. The Balaban J connectivity index is 1.76. The highest BCUT2D eigenvalue weighted by molar-refractivity contribution is 6.44. The summed E-state index contributed by atoms with van der Waals surface area (Å²) >= 11 is 12.1. The SMILES string of the molecule is Cc1ccc(NC(=O)C2(C(=O)Nc3cccc(Cl)c3Cl)CC2)c(C)c1. The molecular formula is C19H18Cl2N2O2. The lowest BCUT2D eigenvalue weighted by atomic mass is 10.0. The average molecular weight is 377 g/mol. The van der Waals surface area contributed by atoms with E-state index in [9.17, 15) is 9.59 Å². The molecule has 2 N–H and O–H groups in total. The molecule has 0 heterocycles. The molecule has 1 saturated carbocycles. The Morgan fingerprint density at radius 3 is 2.20 bits per heavy atom. The first-order valence-corrected chi connectivity index (χ1v) is 8.73. The quantitative estimate of drug-likeness (QED) is 0.740. The van der Waals surface area contributed by atoms with Gasteiger partial charge in [-0.05, 0) is 50.5 Å². The Morgan fingerprint density at radius 2 is 1.60 bits per heavy atom. The molecule has 3 rings (SSSR count). The van der Waals surface area contributed by atoms with Gasteiger partial charge >= 0.3 is 0 Å². The van der Waals surface area contributed by atoms with Gasteiger partial charge in [-0.3, -0.25) is 9.59 Å². The number of nitrogens with one attached hydrogen (secondary N) is 2. The second kappa shape index (κ2) is 6.70. The van der Waals surface area contributed by atoms with Crippen LogP contribution in [0.5, 0.6) is 0 Å². The predicted molar refractivity (Wildman–Crippen MR) is 101 cm³/mol. The molecule has 25 heavy (non-hydrogen) atoms. The molecular weight excluding hydrogens is 359 g/mol. The van der Waals surface area contributed by atoms with Crippen LogP contribution in [0.2, 0.25) is 10.0 Å². The van der Waals surface area contributed by atoms with Crippen LogP contribution in [0.15, 0.2) is 36.4 Å². The highest BCUT2D eigenvalue weighted by Gasteiger charge is 2.56. The summed E-state index contributed by atoms with van der Waals surface area (Å²) < 4.78 is 0. The van der Waals surface area contributed by atoms with Gasteiger partial charge in [0, 0.05) is 5.69 Å². The van der Waals surface area contributed by atoms with Crippen LogP contribution in [0, 0.1) is 19.3 Å². The summed E-state index contributed by atoms with van der Waals surface area (Å²) in [5, 5.41) is 6.22. The predicted octanol–water partition coefficient (Wildman–Crippen LogP) is 4.97. The molecule has 1 fully saturated rings. The summed E-state index contributed by atoms with van der Waals surface area (Å²) in [5.41, 5.74) is 2.15. The lowest BCUT2D eigenvalue weighted by Gasteiger charge is -2.17. The number of amides is 2.